The maximum atomic E-state index is 13.7. The quantitative estimate of drug-likeness (QED) is 0.498. The van der Waals surface area contributed by atoms with E-state index in [1.54, 1.807) is 30.5 Å². The zero-order valence-electron chi connectivity index (χ0n) is 16.9. The second kappa shape index (κ2) is 7.70. The number of benzene rings is 2. The van der Waals surface area contributed by atoms with E-state index in [-0.39, 0.29) is 29.4 Å². The molecule has 3 heterocycles. The van der Waals surface area contributed by atoms with E-state index < -0.39 is 15.6 Å². The molecule has 5 rings (SSSR count). The van der Waals surface area contributed by atoms with Crippen LogP contribution in [0.3, 0.4) is 0 Å². The van der Waals surface area contributed by atoms with Crippen molar-refractivity contribution in [1.82, 2.24) is 9.55 Å². The van der Waals surface area contributed by atoms with Gasteiger partial charge in [-0.05, 0) is 35.4 Å². The van der Waals surface area contributed by atoms with Crippen LogP contribution >= 0.6 is 0 Å². The van der Waals surface area contributed by atoms with Crippen molar-refractivity contribution >= 4 is 32.6 Å². The Labute approximate surface area is 184 Å². The van der Waals surface area contributed by atoms with Gasteiger partial charge in [0, 0.05) is 18.1 Å². The Hall–Kier alpha value is -3.82. The molecule has 2 aromatic carbocycles. The number of anilines is 1. The maximum Gasteiger partial charge on any atom is 0.286 e. The van der Waals surface area contributed by atoms with Crippen LogP contribution in [0.2, 0.25) is 0 Å². The van der Waals surface area contributed by atoms with Gasteiger partial charge in [0.05, 0.1) is 17.8 Å². The number of hydrogen-bond donors (Lipinski definition) is 2. The number of rotatable bonds is 4. The molecule has 0 spiro atoms. The molecule has 3 N–H and O–H groups in total. The van der Waals surface area contributed by atoms with Crippen molar-refractivity contribution < 1.29 is 8.42 Å². The lowest BCUT2D eigenvalue weighted by molar-refractivity contribution is 0.598. The van der Waals surface area contributed by atoms with Crippen LogP contribution in [-0.2, 0) is 23.1 Å². The molecule has 0 amide bonds. The van der Waals surface area contributed by atoms with Gasteiger partial charge in [0.15, 0.2) is 5.84 Å². The smallest absolute Gasteiger partial charge is 0.286 e. The summed E-state index contributed by atoms with van der Waals surface area (Å²) in [6.07, 6.45) is 1.61. The van der Waals surface area contributed by atoms with Crippen LogP contribution in [0.5, 0.6) is 0 Å². The summed E-state index contributed by atoms with van der Waals surface area (Å²) in [5.74, 6) is -0.0401. The normalized spacial score (nSPS) is 14.5. The maximum absolute atomic E-state index is 13.7. The van der Waals surface area contributed by atoms with Gasteiger partial charge in [-0.3, -0.25) is 9.36 Å². The highest BCUT2D eigenvalue weighted by Gasteiger charge is 2.29. The summed E-state index contributed by atoms with van der Waals surface area (Å²) in [6.45, 7) is 0.281. The van der Waals surface area contributed by atoms with E-state index in [9.17, 15) is 13.2 Å². The van der Waals surface area contributed by atoms with Crippen molar-refractivity contribution in [3.05, 3.63) is 100.0 Å². The Morgan fingerprint density at radius 2 is 1.72 bits per heavy atom. The molecule has 0 saturated carbocycles. The minimum absolute atomic E-state index is 0.0152. The predicted octanol–water partition coefficient (Wildman–Crippen LogP) is 2.46. The van der Waals surface area contributed by atoms with Crippen molar-refractivity contribution in [3.63, 3.8) is 0 Å². The highest BCUT2D eigenvalue weighted by Crippen LogP contribution is 2.29. The van der Waals surface area contributed by atoms with Gasteiger partial charge < -0.3 is 11.1 Å². The number of pyridine rings is 2. The van der Waals surface area contributed by atoms with Gasteiger partial charge in [-0.25, -0.2) is 4.98 Å². The molecule has 1 aliphatic heterocycles. The van der Waals surface area contributed by atoms with Gasteiger partial charge in [0.2, 0.25) is 0 Å². The van der Waals surface area contributed by atoms with Crippen molar-refractivity contribution in [3.8, 4) is 0 Å². The molecular formula is C23H19N5O3S. The molecule has 0 bridgehead atoms. The van der Waals surface area contributed by atoms with E-state index in [1.165, 1.54) is 10.6 Å². The van der Waals surface area contributed by atoms with Crippen LogP contribution in [0.15, 0.2) is 87.0 Å². The Kier molecular flexibility index (Phi) is 4.84. The van der Waals surface area contributed by atoms with E-state index in [1.807, 2.05) is 36.4 Å². The van der Waals surface area contributed by atoms with Gasteiger partial charge in [0.1, 0.15) is 10.5 Å². The van der Waals surface area contributed by atoms with Crippen molar-refractivity contribution in [2.45, 2.75) is 18.0 Å². The lowest BCUT2D eigenvalue weighted by Gasteiger charge is -2.21. The SMILES string of the molecule is NCc1c(C2=NS(=O)(=O)c3ccccc3N2)c(=O)n(Cc2ccccc2)c2ncccc12. The average Bonchev–Trinajstić information content (AvgIpc) is 2.80. The molecule has 0 fully saturated rings. The van der Waals surface area contributed by atoms with E-state index >= 15 is 0 Å². The third-order valence-electron chi connectivity index (χ3n) is 5.38. The first-order chi connectivity index (χ1) is 15.5. The molecule has 0 aliphatic carbocycles. The molecule has 4 aromatic rings. The van der Waals surface area contributed by atoms with Gasteiger partial charge >= 0.3 is 0 Å². The van der Waals surface area contributed by atoms with Crippen LogP contribution in [0.25, 0.3) is 11.0 Å². The number of nitrogens with zero attached hydrogens (tertiary/aromatic N) is 3. The molecule has 32 heavy (non-hydrogen) atoms. The van der Waals surface area contributed by atoms with Crippen molar-refractivity contribution in [2.75, 3.05) is 5.32 Å². The third-order valence-corrected chi connectivity index (χ3v) is 6.72. The first kappa shape index (κ1) is 20.1. The van der Waals surface area contributed by atoms with Gasteiger partial charge in [0.25, 0.3) is 15.6 Å². The minimum Gasteiger partial charge on any atom is -0.338 e. The molecule has 0 atom stereocenters. The van der Waals surface area contributed by atoms with E-state index in [0.29, 0.717) is 22.3 Å². The molecular weight excluding hydrogens is 426 g/mol. The van der Waals surface area contributed by atoms with E-state index in [2.05, 4.69) is 14.7 Å². The molecule has 0 radical (unpaired) electrons. The molecule has 8 nitrogen and oxygen atoms in total. The Morgan fingerprint density at radius 3 is 2.50 bits per heavy atom. The second-order valence-electron chi connectivity index (χ2n) is 7.35. The number of nitrogens with two attached hydrogens (primary N) is 1. The molecule has 9 heteroatoms. The van der Waals surface area contributed by atoms with Crippen LogP contribution < -0.4 is 16.6 Å². The van der Waals surface area contributed by atoms with Gasteiger partial charge in [-0.2, -0.15) is 8.42 Å². The highest BCUT2D eigenvalue weighted by molar-refractivity contribution is 7.90. The zero-order chi connectivity index (χ0) is 22.3. The standard InChI is InChI=1S/C23H19N5O3S/c24-13-17-16-9-6-12-25-22(16)28(14-15-7-2-1-3-8-15)23(29)20(17)21-26-18-10-4-5-11-19(18)32(30,31)27-21/h1-12H,13-14,24H2,(H,26,27). The number of fused-ring (bicyclic) bond motifs is 2. The topological polar surface area (TPSA) is 119 Å². The summed E-state index contributed by atoms with van der Waals surface area (Å²) in [5, 5.41) is 3.69. The largest absolute Gasteiger partial charge is 0.338 e. The van der Waals surface area contributed by atoms with Gasteiger partial charge in [-0.15, -0.1) is 4.40 Å². The highest BCUT2D eigenvalue weighted by atomic mass is 32.2. The molecule has 2 aromatic heterocycles. The predicted molar refractivity (Wildman–Crippen MR) is 123 cm³/mol. The van der Waals surface area contributed by atoms with Crippen LogP contribution in [0, 0.1) is 0 Å². The lowest BCUT2D eigenvalue weighted by Crippen LogP contribution is -2.35. The monoisotopic (exact) mass is 445 g/mol. The molecule has 1 aliphatic rings. The average molecular weight is 446 g/mol. The van der Waals surface area contributed by atoms with Crippen LogP contribution in [-0.4, -0.2) is 23.8 Å². The Bertz CT molecular complexity index is 1540. The first-order valence-electron chi connectivity index (χ1n) is 9.95. The second-order valence-corrected chi connectivity index (χ2v) is 8.92. The fraction of sp³-hybridized carbons (Fsp3) is 0.0870. The summed E-state index contributed by atoms with van der Waals surface area (Å²) in [7, 11) is -3.99. The number of sulfonamides is 1. The van der Waals surface area contributed by atoms with Crippen LogP contribution in [0.1, 0.15) is 16.7 Å². The van der Waals surface area contributed by atoms with Crippen molar-refractivity contribution in [2.24, 2.45) is 10.1 Å². The Morgan fingerprint density at radius 1 is 0.969 bits per heavy atom. The number of para-hydroxylation sites is 1. The summed E-state index contributed by atoms with van der Waals surface area (Å²) >= 11 is 0. The number of nitrogens with one attached hydrogen (secondary N) is 1. The van der Waals surface area contributed by atoms with E-state index in [0.717, 1.165) is 5.56 Å². The van der Waals surface area contributed by atoms with Crippen molar-refractivity contribution in [1.29, 1.82) is 0 Å². The third kappa shape index (κ3) is 3.28. The van der Waals surface area contributed by atoms with E-state index in [4.69, 9.17) is 5.73 Å². The van der Waals surface area contributed by atoms with Gasteiger partial charge in [-0.1, -0.05) is 42.5 Å². The molecule has 0 unspecified atom stereocenters. The summed E-state index contributed by atoms with van der Waals surface area (Å²) in [5.41, 5.74) is 8.00. The Balaban J connectivity index is 1.80. The number of aromatic nitrogens is 2. The summed E-state index contributed by atoms with van der Waals surface area (Å²) in [4.78, 5) is 18.2. The minimum atomic E-state index is -3.99. The van der Waals surface area contributed by atoms with Crippen LogP contribution in [0.4, 0.5) is 5.69 Å². The zero-order valence-corrected chi connectivity index (χ0v) is 17.7. The summed E-state index contributed by atoms with van der Waals surface area (Å²) < 4.78 is 31.1. The fourth-order valence-corrected chi connectivity index (χ4v) is 5.06. The molecule has 160 valence electrons. The number of hydrogen-bond acceptors (Lipinski definition) is 6. The molecule has 0 saturated heterocycles. The lowest BCUT2D eigenvalue weighted by atomic mass is 10.0. The number of amidine groups is 1. The first-order valence-corrected chi connectivity index (χ1v) is 11.4. The summed E-state index contributed by atoms with van der Waals surface area (Å²) in [6, 6.07) is 19.5. The fourth-order valence-electron chi connectivity index (χ4n) is 3.93.